The van der Waals surface area contributed by atoms with Gasteiger partial charge >= 0.3 is 12.0 Å². The first-order valence-electron chi connectivity index (χ1n) is 7.57. The molecule has 21 heavy (non-hydrogen) atoms. The highest BCUT2D eigenvalue weighted by Crippen LogP contribution is 2.18. The highest BCUT2D eigenvalue weighted by atomic mass is 16.5. The average Bonchev–Trinajstić information content (AvgIpc) is 2.94. The zero-order valence-corrected chi connectivity index (χ0v) is 12.7. The van der Waals surface area contributed by atoms with E-state index in [-0.39, 0.29) is 12.5 Å². The summed E-state index contributed by atoms with van der Waals surface area (Å²) >= 11 is 0. The molecule has 2 rings (SSSR count). The van der Waals surface area contributed by atoms with Crippen molar-refractivity contribution in [1.82, 2.24) is 14.7 Å². The lowest BCUT2D eigenvalue weighted by atomic mass is 10.1. The molecule has 120 valence electrons. The van der Waals surface area contributed by atoms with E-state index in [0.29, 0.717) is 32.2 Å². The Bertz CT molecular complexity index is 369. The first kappa shape index (κ1) is 16.0. The second-order valence-corrected chi connectivity index (χ2v) is 5.81. The Balaban J connectivity index is 1.72. The summed E-state index contributed by atoms with van der Waals surface area (Å²) in [5, 5.41) is 8.69. The molecule has 0 radical (unpaired) electrons. The minimum Gasteiger partial charge on any atom is -0.481 e. The van der Waals surface area contributed by atoms with Crippen molar-refractivity contribution in [2.24, 2.45) is 5.92 Å². The molecule has 2 saturated heterocycles. The van der Waals surface area contributed by atoms with Gasteiger partial charge < -0.3 is 19.6 Å². The topological polar surface area (TPSA) is 73.3 Å². The molecule has 0 aromatic carbocycles. The van der Waals surface area contributed by atoms with Crippen LogP contribution in [0.1, 0.15) is 12.8 Å². The van der Waals surface area contributed by atoms with Crippen molar-refractivity contribution < 1.29 is 19.4 Å². The van der Waals surface area contributed by atoms with Crippen LogP contribution in [-0.2, 0) is 9.53 Å². The summed E-state index contributed by atoms with van der Waals surface area (Å²) in [7, 11) is 1.70. The minimum atomic E-state index is -0.769. The SMILES string of the molecule is COCC1CCN(C(=O)N2CCN(CCC(=O)O)CC2)C1. The maximum atomic E-state index is 12.4. The van der Waals surface area contributed by atoms with Crippen molar-refractivity contribution in [2.75, 3.05) is 59.5 Å². The molecule has 1 atom stereocenters. The zero-order chi connectivity index (χ0) is 15.2. The van der Waals surface area contributed by atoms with E-state index in [1.165, 1.54) is 0 Å². The number of likely N-dealkylation sites (tertiary alicyclic amines) is 1. The lowest BCUT2D eigenvalue weighted by Crippen LogP contribution is -2.52. The number of rotatable bonds is 5. The van der Waals surface area contributed by atoms with Gasteiger partial charge in [-0.2, -0.15) is 0 Å². The monoisotopic (exact) mass is 299 g/mol. The van der Waals surface area contributed by atoms with Gasteiger partial charge in [-0.3, -0.25) is 9.69 Å². The maximum Gasteiger partial charge on any atom is 0.320 e. The van der Waals surface area contributed by atoms with E-state index in [4.69, 9.17) is 9.84 Å². The van der Waals surface area contributed by atoms with E-state index in [0.717, 1.165) is 32.6 Å². The lowest BCUT2D eigenvalue weighted by molar-refractivity contribution is -0.137. The predicted octanol–water partition coefficient (Wildman–Crippen LogP) is 0.167. The van der Waals surface area contributed by atoms with Gasteiger partial charge in [0.1, 0.15) is 0 Å². The number of piperazine rings is 1. The van der Waals surface area contributed by atoms with Gasteiger partial charge in [0.2, 0.25) is 0 Å². The molecule has 0 bridgehead atoms. The Labute approximate surface area is 125 Å². The Kier molecular flexibility index (Phi) is 5.81. The number of carboxylic acids is 1. The number of carbonyl (C=O) groups excluding carboxylic acids is 1. The first-order chi connectivity index (χ1) is 10.1. The number of methoxy groups -OCH3 is 1. The van der Waals surface area contributed by atoms with E-state index in [1.54, 1.807) is 7.11 Å². The van der Waals surface area contributed by atoms with Crippen LogP contribution in [0.15, 0.2) is 0 Å². The van der Waals surface area contributed by atoms with E-state index in [9.17, 15) is 9.59 Å². The van der Waals surface area contributed by atoms with Crippen LogP contribution in [0.5, 0.6) is 0 Å². The highest BCUT2D eigenvalue weighted by molar-refractivity contribution is 5.75. The van der Waals surface area contributed by atoms with E-state index < -0.39 is 5.97 Å². The molecular formula is C14H25N3O4. The summed E-state index contributed by atoms with van der Waals surface area (Å²) < 4.78 is 5.15. The third-order valence-electron chi connectivity index (χ3n) is 4.24. The molecule has 2 heterocycles. The fraction of sp³-hybridized carbons (Fsp3) is 0.857. The van der Waals surface area contributed by atoms with Gasteiger partial charge in [-0.25, -0.2) is 4.79 Å². The second kappa shape index (κ2) is 7.61. The molecule has 7 heteroatoms. The van der Waals surface area contributed by atoms with Crippen LogP contribution < -0.4 is 0 Å². The average molecular weight is 299 g/mol. The number of hydrogen-bond donors (Lipinski definition) is 1. The van der Waals surface area contributed by atoms with Gasteiger partial charge in [0.25, 0.3) is 0 Å². The highest BCUT2D eigenvalue weighted by Gasteiger charge is 2.30. The predicted molar refractivity (Wildman–Crippen MR) is 77.2 cm³/mol. The lowest BCUT2D eigenvalue weighted by Gasteiger charge is -2.36. The fourth-order valence-electron chi connectivity index (χ4n) is 2.99. The van der Waals surface area contributed by atoms with Crippen LogP contribution in [0.3, 0.4) is 0 Å². The van der Waals surface area contributed by atoms with E-state index >= 15 is 0 Å². The molecule has 7 nitrogen and oxygen atoms in total. The van der Waals surface area contributed by atoms with Crippen molar-refractivity contribution in [3.63, 3.8) is 0 Å². The van der Waals surface area contributed by atoms with Crippen LogP contribution in [0.25, 0.3) is 0 Å². The molecule has 0 spiro atoms. The van der Waals surface area contributed by atoms with E-state index in [1.807, 2.05) is 9.80 Å². The Morgan fingerprint density at radius 2 is 1.86 bits per heavy atom. The molecule has 2 amide bonds. The third-order valence-corrected chi connectivity index (χ3v) is 4.24. The van der Waals surface area contributed by atoms with Crippen molar-refractivity contribution in [2.45, 2.75) is 12.8 Å². The molecular weight excluding hydrogens is 274 g/mol. The Hall–Kier alpha value is -1.34. The number of urea groups is 1. The van der Waals surface area contributed by atoms with Crippen molar-refractivity contribution in [3.05, 3.63) is 0 Å². The third kappa shape index (κ3) is 4.57. The Morgan fingerprint density at radius 3 is 2.48 bits per heavy atom. The van der Waals surface area contributed by atoms with Gasteiger partial charge in [-0.05, 0) is 6.42 Å². The van der Waals surface area contributed by atoms with Gasteiger partial charge in [-0.15, -0.1) is 0 Å². The smallest absolute Gasteiger partial charge is 0.320 e. The molecule has 2 fully saturated rings. The molecule has 1 unspecified atom stereocenters. The number of carboxylic acid groups (broad SMARTS) is 1. The first-order valence-corrected chi connectivity index (χ1v) is 7.57. The second-order valence-electron chi connectivity index (χ2n) is 5.81. The molecule has 0 saturated carbocycles. The van der Waals surface area contributed by atoms with Gasteiger partial charge in [-0.1, -0.05) is 0 Å². The van der Waals surface area contributed by atoms with Gasteiger partial charge in [0, 0.05) is 58.8 Å². The van der Waals surface area contributed by atoms with E-state index in [2.05, 4.69) is 4.90 Å². The minimum absolute atomic E-state index is 0.117. The fourth-order valence-corrected chi connectivity index (χ4v) is 2.99. The van der Waals surface area contributed by atoms with Crippen LogP contribution >= 0.6 is 0 Å². The zero-order valence-electron chi connectivity index (χ0n) is 12.7. The summed E-state index contributed by atoms with van der Waals surface area (Å²) in [6, 6.07) is 0.117. The standard InChI is InChI=1S/C14H25N3O4/c1-21-11-12-2-5-17(10-12)14(20)16-8-6-15(7-9-16)4-3-13(18)19/h12H,2-11H2,1H3,(H,18,19). The maximum absolute atomic E-state index is 12.4. The van der Waals surface area contributed by atoms with Crippen LogP contribution in [0.2, 0.25) is 0 Å². The number of amides is 2. The number of ether oxygens (including phenoxy) is 1. The van der Waals surface area contributed by atoms with Crippen LogP contribution in [-0.4, -0.2) is 91.3 Å². The number of carbonyl (C=O) groups is 2. The van der Waals surface area contributed by atoms with Crippen molar-refractivity contribution >= 4 is 12.0 Å². The molecule has 2 aliphatic heterocycles. The van der Waals surface area contributed by atoms with Crippen LogP contribution in [0.4, 0.5) is 4.79 Å². The number of aliphatic carboxylic acids is 1. The van der Waals surface area contributed by atoms with Crippen molar-refractivity contribution in [3.8, 4) is 0 Å². The summed E-state index contributed by atoms with van der Waals surface area (Å²) in [6.07, 6.45) is 1.18. The van der Waals surface area contributed by atoms with Crippen LogP contribution in [0, 0.1) is 5.92 Å². The molecule has 1 N–H and O–H groups in total. The summed E-state index contributed by atoms with van der Waals surface area (Å²) in [4.78, 5) is 28.9. The Morgan fingerprint density at radius 1 is 1.14 bits per heavy atom. The number of hydrogen-bond acceptors (Lipinski definition) is 4. The largest absolute Gasteiger partial charge is 0.481 e. The molecule has 0 aliphatic carbocycles. The molecule has 0 aromatic rings. The van der Waals surface area contributed by atoms with Gasteiger partial charge in [0.15, 0.2) is 0 Å². The van der Waals surface area contributed by atoms with Gasteiger partial charge in [0.05, 0.1) is 13.0 Å². The normalized spacial score (nSPS) is 23.6. The summed E-state index contributed by atoms with van der Waals surface area (Å²) in [5.74, 6) is -0.314. The summed E-state index contributed by atoms with van der Waals surface area (Å²) in [6.45, 7) is 5.76. The number of nitrogens with zero attached hydrogens (tertiary/aromatic N) is 3. The molecule has 2 aliphatic rings. The summed E-state index contributed by atoms with van der Waals surface area (Å²) in [5.41, 5.74) is 0. The quantitative estimate of drug-likeness (QED) is 0.783. The van der Waals surface area contributed by atoms with Crippen molar-refractivity contribution in [1.29, 1.82) is 0 Å². The molecule has 0 aromatic heterocycles.